The van der Waals surface area contributed by atoms with Crippen LogP contribution >= 0.6 is 0 Å². The number of hydrogen-bond donors (Lipinski definition) is 1. The van der Waals surface area contributed by atoms with Gasteiger partial charge >= 0.3 is 11.9 Å². The van der Waals surface area contributed by atoms with Crippen LogP contribution in [0.4, 0.5) is 8.78 Å². The van der Waals surface area contributed by atoms with E-state index in [9.17, 15) is 23.2 Å². The molecule has 1 N–H and O–H groups in total. The number of carbonyl (C=O) groups excluding carboxylic acids is 3. The van der Waals surface area contributed by atoms with Crippen molar-refractivity contribution in [2.45, 2.75) is 38.6 Å². The van der Waals surface area contributed by atoms with Crippen molar-refractivity contribution in [3.05, 3.63) is 95.0 Å². The second-order valence-corrected chi connectivity index (χ2v) is 8.89. The Morgan fingerprint density at radius 1 is 0.949 bits per heavy atom. The number of ether oxygens (including phenoxy) is 3. The maximum Gasteiger partial charge on any atom is 0.336 e. The number of nitrogens with one attached hydrogen (secondary N) is 1. The van der Waals surface area contributed by atoms with E-state index in [1.807, 2.05) is 0 Å². The van der Waals surface area contributed by atoms with Gasteiger partial charge in [-0.05, 0) is 55.2 Å². The summed E-state index contributed by atoms with van der Waals surface area (Å²) >= 11 is 0. The number of amides is 1. The van der Waals surface area contributed by atoms with E-state index >= 15 is 0 Å². The van der Waals surface area contributed by atoms with Crippen LogP contribution in [0, 0.1) is 11.6 Å². The molecular formula is C29H26F2N2O6. The summed E-state index contributed by atoms with van der Waals surface area (Å²) in [6.07, 6.45) is 1.99. The molecule has 1 heterocycles. The normalized spacial score (nSPS) is 13.2. The molecule has 3 aromatic rings. The first-order valence-corrected chi connectivity index (χ1v) is 12.2. The van der Waals surface area contributed by atoms with E-state index < -0.39 is 35.0 Å². The molecule has 1 aromatic heterocycles. The first kappa shape index (κ1) is 27.4. The molecule has 10 heteroatoms. The number of methoxy groups -OCH3 is 1. The molecule has 0 bridgehead atoms. The molecule has 0 saturated heterocycles. The molecule has 8 nitrogen and oxygen atoms in total. The first-order valence-electron chi connectivity index (χ1n) is 12.2. The van der Waals surface area contributed by atoms with Crippen molar-refractivity contribution < 1.29 is 37.4 Å². The smallest absolute Gasteiger partial charge is 0.336 e. The SMILES string of the molecule is CCC(=O)Oc1c(OC)ccnc1C(=O)NC1(C(=O)OC(C)=C(c2ccc(F)cc2)c2ccc(F)cc2)CC1. The zero-order valence-electron chi connectivity index (χ0n) is 21.5. The summed E-state index contributed by atoms with van der Waals surface area (Å²) in [5.74, 6) is -2.79. The molecule has 4 rings (SSSR count). The number of aromatic nitrogens is 1. The molecule has 1 aliphatic rings. The molecule has 2 aromatic carbocycles. The number of pyridine rings is 1. The van der Waals surface area contributed by atoms with Crippen molar-refractivity contribution in [1.29, 1.82) is 0 Å². The number of esters is 2. The maximum absolute atomic E-state index is 13.6. The van der Waals surface area contributed by atoms with Gasteiger partial charge in [-0.1, -0.05) is 31.2 Å². The molecule has 0 atom stereocenters. The lowest BCUT2D eigenvalue weighted by Crippen LogP contribution is -2.44. The van der Waals surface area contributed by atoms with Crippen LogP contribution in [0.15, 0.2) is 66.6 Å². The largest absolute Gasteiger partial charge is 0.493 e. The Labute approximate surface area is 223 Å². The summed E-state index contributed by atoms with van der Waals surface area (Å²) in [6.45, 7) is 3.16. The Bertz CT molecular complexity index is 1380. The van der Waals surface area contributed by atoms with Crippen LogP contribution in [0.25, 0.3) is 5.57 Å². The summed E-state index contributed by atoms with van der Waals surface area (Å²) in [5.41, 5.74) is -0.00364. The highest BCUT2D eigenvalue weighted by Gasteiger charge is 2.53. The monoisotopic (exact) mass is 536 g/mol. The summed E-state index contributed by atoms with van der Waals surface area (Å²) in [4.78, 5) is 42.4. The van der Waals surface area contributed by atoms with Gasteiger partial charge in [0, 0.05) is 24.3 Å². The van der Waals surface area contributed by atoms with Gasteiger partial charge in [0.25, 0.3) is 5.91 Å². The number of hydrogen-bond acceptors (Lipinski definition) is 7. The van der Waals surface area contributed by atoms with E-state index in [0.717, 1.165) is 0 Å². The summed E-state index contributed by atoms with van der Waals surface area (Å²) < 4.78 is 43.4. The van der Waals surface area contributed by atoms with Crippen LogP contribution in [-0.4, -0.2) is 35.5 Å². The Kier molecular flexibility index (Phi) is 8.04. The Morgan fingerprint density at radius 2 is 1.51 bits per heavy atom. The third-order valence-corrected chi connectivity index (χ3v) is 6.17. The summed E-state index contributed by atoms with van der Waals surface area (Å²) in [6, 6.07) is 12.6. The van der Waals surface area contributed by atoms with Crippen molar-refractivity contribution in [1.82, 2.24) is 10.3 Å². The van der Waals surface area contributed by atoms with Crippen molar-refractivity contribution >= 4 is 23.4 Å². The number of allylic oxidation sites excluding steroid dienone is 1. The molecule has 0 radical (unpaired) electrons. The topological polar surface area (TPSA) is 104 Å². The Balaban J connectivity index is 1.61. The van der Waals surface area contributed by atoms with Gasteiger partial charge in [-0.15, -0.1) is 0 Å². The average molecular weight is 537 g/mol. The van der Waals surface area contributed by atoms with E-state index in [1.54, 1.807) is 13.8 Å². The van der Waals surface area contributed by atoms with Gasteiger partial charge in [-0.25, -0.2) is 18.6 Å². The summed E-state index contributed by atoms with van der Waals surface area (Å²) in [7, 11) is 1.36. The van der Waals surface area contributed by atoms with E-state index in [0.29, 0.717) is 29.5 Å². The first-order chi connectivity index (χ1) is 18.7. The van der Waals surface area contributed by atoms with E-state index in [1.165, 1.54) is 67.9 Å². The molecule has 202 valence electrons. The van der Waals surface area contributed by atoms with Gasteiger partial charge in [0.2, 0.25) is 5.75 Å². The van der Waals surface area contributed by atoms with Gasteiger partial charge < -0.3 is 19.5 Å². The van der Waals surface area contributed by atoms with E-state index in [-0.39, 0.29) is 29.4 Å². The van der Waals surface area contributed by atoms with Gasteiger partial charge in [0.1, 0.15) is 22.9 Å². The second kappa shape index (κ2) is 11.4. The van der Waals surface area contributed by atoms with Crippen LogP contribution in [0.5, 0.6) is 11.5 Å². The lowest BCUT2D eigenvalue weighted by Gasteiger charge is -2.19. The number of rotatable bonds is 9. The van der Waals surface area contributed by atoms with Crippen molar-refractivity contribution in [3.63, 3.8) is 0 Å². The van der Waals surface area contributed by atoms with Gasteiger partial charge in [-0.2, -0.15) is 0 Å². The lowest BCUT2D eigenvalue weighted by molar-refractivity contribution is -0.142. The molecule has 39 heavy (non-hydrogen) atoms. The second-order valence-electron chi connectivity index (χ2n) is 8.89. The highest BCUT2D eigenvalue weighted by molar-refractivity contribution is 6.01. The van der Waals surface area contributed by atoms with Crippen molar-refractivity contribution in [3.8, 4) is 11.5 Å². The van der Waals surface area contributed by atoms with Crippen molar-refractivity contribution in [2.24, 2.45) is 0 Å². The molecule has 0 spiro atoms. The molecule has 0 unspecified atom stereocenters. The Hall–Kier alpha value is -4.60. The lowest BCUT2D eigenvalue weighted by atomic mass is 9.97. The predicted molar refractivity (Wildman–Crippen MR) is 137 cm³/mol. The number of nitrogens with zero attached hydrogens (tertiary/aromatic N) is 1. The predicted octanol–water partition coefficient (Wildman–Crippen LogP) is 4.97. The van der Waals surface area contributed by atoms with Gasteiger partial charge in [-0.3, -0.25) is 9.59 Å². The average Bonchev–Trinajstić information content (AvgIpc) is 3.71. The molecule has 1 saturated carbocycles. The third-order valence-electron chi connectivity index (χ3n) is 6.17. The van der Waals surface area contributed by atoms with Gasteiger partial charge in [0.15, 0.2) is 11.4 Å². The number of benzene rings is 2. The molecule has 1 aliphatic carbocycles. The van der Waals surface area contributed by atoms with E-state index in [4.69, 9.17) is 14.2 Å². The molecule has 0 aliphatic heterocycles. The fraction of sp³-hybridized carbons (Fsp3) is 0.241. The number of carbonyl (C=O) groups is 3. The van der Waals surface area contributed by atoms with Gasteiger partial charge in [0.05, 0.1) is 7.11 Å². The zero-order chi connectivity index (χ0) is 28.2. The fourth-order valence-electron chi connectivity index (χ4n) is 3.91. The highest BCUT2D eigenvalue weighted by Crippen LogP contribution is 2.39. The quantitative estimate of drug-likeness (QED) is 0.304. The minimum Gasteiger partial charge on any atom is -0.493 e. The van der Waals surface area contributed by atoms with Crippen LogP contribution in [0.3, 0.4) is 0 Å². The van der Waals surface area contributed by atoms with Crippen molar-refractivity contribution in [2.75, 3.05) is 7.11 Å². The molecule has 1 fully saturated rings. The van der Waals surface area contributed by atoms with Crippen LogP contribution in [-0.2, 0) is 14.3 Å². The summed E-state index contributed by atoms with van der Waals surface area (Å²) in [5, 5.41) is 2.66. The fourth-order valence-corrected chi connectivity index (χ4v) is 3.91. The minimum atomic E-state index is -1.33. The third kappa shape index (κ3) is 6.11. The Morgan fingerprint density at radius 3 is 2.00 bits per heavy atom. The maximum atomic E-state index is 13.6. The minimum absolute atomic E-state index is 0.0609. The standard InChI is InChI=1S/C29H26F2N2O6/c1-4-23(34)39-26-22(37-3)13-16-32-25(26)27(35)33-29(14-15-29)28(36)38-17(2)24(18-5-9-20(30)10-6-18)19-7-11-21(31)12-8-19/h5-13,16H,4,14-15H2,1-3H3,(H,33,35). The molecule has 1 amide bonds. The van der Waals surface area contributed by atoms with E-state index in [2.05, 4.69) is 10.3 Å². The zero-order valence-corrected chi connectivity index (χ0v) is 21.5. The van der Waals surface area contributed by atoms with Crippen LogP contribution in [0.2, 0.25) is 0 Å². The van der Waals surface area contributed by atoms with Crippen LogP contribution < -0.4 is 14.8 Å². The number of halogens is 2. The van der Waals surface area contributed by atoms with Crippen LogP contribution in [0.1, 0.15) is 54.7 Å². The molecular weight excluding hydrogens is 510 g/mol. The highest BCUT2D eigenvalue weighted by atomic mass is 19.1.